The van der Waals surface area contributed by atoms with Crippen LogP contribution in [0.2, 0.25) is 0 Å². The van der Waals surface area contributed by atoms with E-state index in [0.717, 1.165) is 11.1 Å². The fourth-order valence-corrected chi connectivity index (χ4v) is 3.67. The molecule has 0 aliphatic heterocycles. The molecule has 30 heavy (non-hydrogen) atoms. The molecule has 3 heterocycles. The first kappa shape index (κ1) is 19.7. The number of ether oxygens (including phenoxy) is 1. The van der Waals surface area contributed by atoms with Crippen molar-refractivity contribution in [2.75, 3.05) is 18.2 Å². The van der Waals surface area contributed by atoms with Crippen LogP contribution in [0.4, 0.5) is 5.69 Å². The van der Waals surface area contributed by atoms with Crippen LogP contribution in [0.1, 0.15) is 5.56 Å². The number of aromatic nitrogens is 5. The summed E-state index contributed by atoms with van der Waals surface area (Å²) in [6.07, 6.45) is 7.23. The number of amides is 1. The van der Waals surface area contributed by atoms with Crippen molar-refractivity contribution in [2.24, 2.45) is 0 Å². The van der Waals surface area contributed by atoms with Gasteiger partial charge in [0.25, 0.3) is 0 Å². The van der Waals surface area contributed by atoms with E-state index in [-0.39, 0.29) is 11.7 Å². The molecule has 0 atom stereocenters. The highest BCUT2D eigenvalue weighted by Gasteiger charge is 2.17. The minimum Gasteiger partial charge on any atom is -0.495 e. The zero-order valence-electron chi connectivity index (χ0n) is 16.5. The van der Waals surface area contributed by atoms with Gasteiger partial charge in [0.15, 0.2) is 5.82 Å². The number of methoxy groups -OCH3 is 1. The highest BCUT2D eigenvalue weighted by molar-refractivity contribution is 7.99. The van der Waals surface area contributed by atoms with Crippen LogP contribution in [-0.4, -0.2) is 43.3 Å². The Kier molecular flexibility index (Phi) is 5.80. The van der Waals surface area contributed by atoms with E-state index in [1.54, 1.807) is 19.5 Å². The lowest BCUT2D eigenvalue weighted by atomic mass is 10.2. The summed E-state index contributed by atoms with van der Waals surface area (Å²) in [5.41, 5.74) is 2.51. The van der Waals surface area contributed by atoms with Gasteiger partial charge >= 0.3 is 0 Å². The first-order chi connectivity index (χ1) is 14.7. The number of aryl methyl sites for hydroxylation is 1. The summed E-state index contributed by atoms with van der Waals surface area (Å²) in [5, 5.41) is 12.1. The van der Waals surface area contributed by atoms with E-state index in [4.69, 9.17) is 4.74 Å². The molecule has 0 bridgehead atoms. The lowest BCUT2D eigenvalue weighted by molar-refractivity contribution is -0.113. The van der Waals surface area contributed by atoms with Crippen LogP contribution < -0.4 is 10.1 Å². The molecule has 3 aromatic heterocycles. The quantitative estimate of drug-likeness (QED) is 0.461. The monoisotopic (exact) mass is 420 g/mol. The lowest BCUT2D eigenvalue weighted by Crippen LogP contribution is -2.16. The normalized spacial score (nSPS) is 10.7. The molecule has 0 spiro atoms. The average molecular weight is 420 g/mol. The molecular weight excluding hydrogens is 400 g/mol. The average Bonchev–Trinajstić information content (AvgIpc) is 3.42. The molecular formula is C21H20N6O2S. The van der Waals surface area contributed by atoms with Crippen LogP contribution in [0.5, 0.6) is 5.75 Å². The Balaban J connectivity index is 1.55. The number of hydrogen-bond donors (Lipinski definition) is 1. The highest BCUT2D eigenvalue weighted by Crippen LogP contribution is 2.27. The van der Waals surface area contributed by atoms with Crippen LogP contribution in [0, 0.1) is 6.92 Å². The van der Waals surface area contributed by atoms with E-state index < -0.39 is 0 Å². The van der Waals surface area contributed by atoms with Gasteiger partial charge < -0.3 is 10.1 Å². The first-order valence-electron chi connectivity index (χ1n) is 9.22. The predicted octanol–water partition coefficient (Wildman–Crippen LogP) is 3.50. The second-order valence-corrected chi connectivity index (χ2v) is 7.41. The lowest BCUT2D eigenvalue weighted by Gasteiger charge is -2.12. The molecule has 0 unspecified atom stereocenters. The standard InChI is InChI=1S/C21H20N6O2S/c1-15-7-8-18(29-2)17(12-15)23-19(28)14-30-21-25-24-20(16-6-5-9-22-13-16)27(21)26-10-3-4-11-26/h3-13H,14H2,1-2H3,(H,23,28). The predicted molar refractivity (Wildman–Crippen MR) is 116 cm³/mol. The van der Waals surface area contributed by atoms with Gasteiger partial charge in [-0.15, -0.1) is 10.2 Å². The molecule has 0 saturated heterocycles. The van der Waals surface area contributed by atoms with Crippen molar-refractivity contribution in [3.63, 3.8) is 0 Å². The van der Waals surface area contributed by atoms with E-state index >= 15 is 0 Å². The van der Waals surface area contributed by atoms with Gasteiger partial charge in [-0.2, -0.15) is 0 Å². The van der Waals surface area contributed by atoms with E-state index in [0.29, 0.717) is 22.4 Å². The topological polar surface area (TPSA) is 86.9 Å². The minimum absolute atomic E-state index is 0.158. The molecule has 0 aliphatic rings. The number of pyridine rings is 1. The van der Waals surface area contributed by atoms with Crippen molar-refractivity contribution in [1.82, 2.24) is 24.5 Å². The second-order valence-electron chi connectivity index (χ2n) is 6.46. The van der Waals surface area contributed by atoms with Crippen molar-refractivity contribution in [3.05, 3.63) is 72.8 Å². The van der Waals surface area contributed by atoms with Gasteiger partial charge in [-0.3, -0.25) is 14.5 Å². The third-order valence-electron chi connectivity index (χ3n) is 4.31. The van der Waals surface area contributed by atoms with E-state index in [1.165, 1.54) is 11.8 Å². The van der Waals surface area contributed by atoms with Crippen molar-refractivity contribution >= 4 is 23.4 Å². The third kappa shape index (κ3) is 4.20. The van der Waals surface area contributed by atoms with E-state index in [9.17, 15) is 4.79 Å². The fraction of sp³-hybridized carbons (Fsp3) is 0.143. The van der Waals surface area contributed by atoms with Gasteiger partial charge in [-0.1, -0.05) is 17.8 Å². The molecule has 0 radical (unpaired) electrons. The summed E-state index contributed by atoms with van der Waals surface area (Å²) in [5.74, 6) is 1.27. The van der Waals surface area contributed by atoms with Gasteiger partial charge in [-0.05, 0) is 48.9 Å². The molecule has 8 nitrogen and oxygen atoms in total. The Morgan fingerprint density at radius 2 is 2.00 bits per heavy atom. The molecule has 1 amide bonds. The highest BCUT2D eigenvalue weighted by atomic mass is 32.2. The van der Waals surface area contributed by atoms with Crippen molar-refractivity contribution in [3.8, 4) is 17.1 Å². The summed E-state index contributed by atoms with van der Waals surface area (Å²) < 4.78 is 9.04. The largest absolute Gasteiger partial charge is 0.495 e. The molecule has 0 fully saturated rings. The first-order valence-corrected chi connectivity index (χ1v) is 10.2. The van der Waals surface area contributed by atoms with Crippen LogP contribution in [0.15, 0.2) is 72.4 Å². The maximum Gasteiger partial charge on any atom is 0.234 e. The number of carbonyl (C=O) groups excluding carboxylic acids is 1. The van der Waals surface area contributed by atoms with Crippen LogP contribution in [0.25, 0.3) is 11.4 Å². The summed E-state index contributed by atoms with van der Waals surface area (Å²) in [7, 11) is 1.58. The van der Waals surface area contributed by atoms with Gasteiger partial charge in [0, 0.05) is 30.4 Å². The van der Waals surface area contributed by atoms with Crippen LogP contribution >= 0.6 is 11.8 Å². The van der Waals surface area contributed by atoms with Gasteiger partial charge in [-0.25, -0.2) is 4.68 Å². The van der Waals surface area contributed by atoms with Gasteiger partial charge in [0.1, 0.15) is 5.75 Å². The number of thioether (sulfide) groups is 1. The van der Waals surface area contributed by atoms with Crippen LogP contribution in [-0.2, 0) is 4.79 Å². The molecule has 9 heteroatoms. The summed E-state index contributed by atoms with van der Waals surface area (Å²) in [6, 6.07) is 13.2. The number of carbonyl (C=O) groups is 1. The zero-order valence-corrected chi connectivity index (χ0v) is 17.3. The van der Waals surface area contributed by atoms with E-state index in [1.807, 2.05) is 71.1 Å². The number of anilines is 1. The maximum absolute atomic E-state index is 12.6. The Labute approximate surface area is 177 Å². The Bertz CT molecular complexity index is 1140. The molecule has 152 valence electrons. The Hall–Kier alpha value is -3.59. The number of hydrogen-bond acceptors (Lipinski definition) is 6. The third-order valence-corrected chi connectivity index (χ3v) is 5.23. The molecule has 4 aromatic rings. The Morgan fingerprint density at radius 1 is 1.17 bits per heavy atom. The summed E-state index contributed by atoms with van der Waals surface area (Å²) >= 11 is 1.30. The van der Waals surface area contributed by atoms with Gasteiger partial charge in [0.2, 0.25) is 11.1 Å². The van der Waals surface area contributed by atoms with Crippen molar-refractivity contribution in [2.45, 2.75) is 12.1 Å². The molecule has 0 saturated carbocycles. The van der Waals surface area contributed by atoms with Crippen LogP contribution in [0.3, 0.4) is 0 Å². The van der Waals surface area contributed by atoms with E-state index in [2.05, 4.69) is 20.5 Å². The number of rotatable bonds is 7. The zero-order chi connectivity index (χ0) is 20.9. The molecule has 1 N–H and O–H groups in total. The maximum atomic E-state index is 12.6. The molecule has 1 aromatic carbocycles. The fourth-order valence-electron chi connectivity index (χ4n) is 2.93. The Morgan fingerprint density at radius 3 is 2.73 bits per heavy atom. The number of benzene rings is 1. The smallest absolute Gasteiger partial charge is 0.234 e. The number of nitrogens with one attached hydrogen (secondary N) is 1. The summed E-state index contributed by atoms with van der Waals surface area (Å²) in [4.78, 5) is 16.7. The van der Waals surface area contributed by atoms with Gasteiger partial charge in [0.05, 0.1) is 18.6 Å². The van der Waals surface area contributed by atoms with Crippen molar-refractivity contribution < 1.29 is 9.53 Å². The van der Waals surface area contributed by atoms with Crippen molar-refractivity contribution in [1.29, 1.82) is 0 Å². The SMILES string of the molecule is COc1ccc(C)cc1NC(=O)CSc1nnc(-c2cccnc2)n1-n1cccc1. The second kappa shape index (κ2) is 8.83. The molecule has 4 rings (SSSR count). The summed E-state index contributed by atoms with van der Waals surface area (Å²) in [6.45, 7) is 1.96. The number of nitrogens with zero attached hydrogens (tertiary/aromatic N) is 5. The minimum atomic E-state index is -0.158. The molecule has 0 aliphatic carbocycles.